The number of pyridine rings is 1. The molecule has 0 aromatic carbocycles. The lowest BCUT2D eigenvalue weighted by molar-refractivity contribution is 0.561. The van der Waals surface area contributed by atoms with Crippen molar-refractivity contribution in [3.8, 4) is 6.07 Å². The molecule has 0 radical (unpaired) electrons. The summed E-state index contributed by atoms with van der Waals surface area (Å²) >= 11 is 0. The van der Waals surface area contributed by atoms with Gasteiger partial charge in [-0.05, 0) is 19.9 Å². The summed E-state index contributed by atoms with van der Waals surface area (Å²) in [5, 5.41) is 8.95. The summed E-state index contributed by atoms with van der Waals surface area (Å²) in [6.45, 7) is 4.28. The molecule has 2 aromatic rings. The highest BCUT2D eigenvalue weighted by Gasteiger charge is 2.08. The van der Waals surface area contributed by atoms with Gasteiger partial charge >= 0.3 is 5.69 Å². The minimum atomic E-state index is -0.0715. The summed E-state index contributed by atoms with van der Waals surface area (Å²) in [4.78, 5) is 16.0. The van der Waals surface area contributed by atoms with Crippen molar-refractivity contribution in [1.29, 1.82) is 5.26 Å². The van der Waals surface area contributed by atoms with Crippen LogP contribution in [0.5, 0.6) is 0 Å². The first-order chi connectivity index (χ1) is 8.63. The summed E-state index contributed by atoms with van der Waals surface area (Å²) in [6.07, 6.45) is 5.07. The number of hydrogen-bond acceptors (Lipinski definition) is 3. The summed E-state index contributed by atoms with van der Waals surface area (Å²) in [5.74, 6) is 0. The molecule has 2 aromatic heterocycles. The molecule has 0 aliphatic rings. The van der Waals surface area contributed by atoms with Gasteiger partial charge in [0.05, 0.1) is 6.54 Å². The van der Waals surface area contributed by atoms with Crippen molar-refractivity contribution < 1.29 is 0 Å². The van der Waals surface area contributed by atoms with E-state index in [1.807, 2.05) is 26.0 Å². The SMILES string of the molecule is CC(C)n1ccn(Cc2cccnc2C#N)c1=O. The van der Waals surface area contributed by atoms with Crippen LogP contribution in [-0.4, -0.2) is 14.1 Å². The molecule has 0 bridgehead atoms. The summed E-state index contributed by atoms with van der Waals surface area (Å²) in [5.41, 5.74) is 1.04. The van der Waals surface area contributed by atoms with Gasteiger partial charge in [-0.3, -0.25) is 9.13 Å². The maximum Gasteiger partial charge on any atom is 0.328 e. The molecule has 5 heteroatoms. The molecule has 2 rings (SSSR count). The van der Waals surface area contributed by atoms with Crippen molar-refractivity contribution in [2.75, 3.05) is 0 Å². The molecule has 0 fully saturated rings. The van der Waals surface area contributed by atoms with Gasteiger partial charge in [0.15, 0.2) is 0 Å². The van der Waals surface area contributed by atoms with Crippen LogP contribution < -0.4 is 5.69 Å². The van der Waals surface area contributed by atoms with E-state index in [1.165, 1.54) is 0 Å². The number of rotatable bonds is 3. The molecule has 0 spiro atoms. The minimum Gasteiger partial charge on any atom is -0.297 e. The first kappa shape index (κ1) is 12.1. The highest BCUT2D eigenvalue weighted by atomic mass is 16.1. The van der Waals surface area contributed by atoms with Gasteiger partial charge in [-0.2, -0.15) is 5.26 Å². The second-order valence-electron chi connectivity index (χ2n) is 4.33. The Balaban J connectivity index is 2.36. The molecule has 0 amide bonds. The summed E-state index contributed by atoms with van der Waals surface area (Å²) in [6, 6.07) is 5.73. The normalized spacial score (nSPS) is 10.6. The smallest absolute Gasteiger partial charge is 0.297 e. The maximum absolute atomic E-state index is 12.0. The largest absolute Gasteiger partial charge is 0.328 e. The average molecular weight is 242 g/mol. The van der Waals surface area contributed by atoms with Crippen molar-refractivity contribution in [2.24, 2.45) is 0 Å². The van der Waals surface area contributed by atoms with Crippen molar-refractivity contribution in [1.82, 2.24) is 14.1 Å². The molecule has 0 unspecified atom stereocenters. The van der Waals surface area contributed by atoms with Crippen molar-refractivity contribution in [2.45, 2.75) is 26.4 Å². The first-order valence-electron chi connectivity index (χ1n) is 5.74. The highest BCUT2D eigenvalue weighted by molar-refractivity contribution is 5.30. The van der Waals surface area contributed by atoms with Crippen LogP contribution in [0.4, 0.5) is 0 Å². The van der Waals surface area contributed by atoms with Gasteiger partial charge in [0.25, 0.3) is 0 Å². The fourth-order valence-corrected chi connectivity index (χ4v) is 1.79. The second-order valence-corrected chi connectivity index (χ2v) is 4.33. The number of hydrogen-bond donors (Lipinski definition) is 0. The fraction of sp³-hybridized carbons (Fsp3) is 0.308. The number of aromatic nitrogens is 3. The number of nitriles is 1. The van der Waals surface area contributed by atoms with E-state index in [0.717, 1.165) is 5.56 Å². The molecule has 0 N–H and O–H groups in total. The third kappa shape index (κ3) is 2.18. The molecule has 0 atom stereocenters. The van der Waals surface area contributed by atoms with Crippen molar-refractivity contribution >= 4 is 0 Å². The molecule has 0 aliphatic carbocycles. The van der Waals surface area contributed by atoms with Crippen LogP contribution in [0.25, 0.3) is 0 Å². The van der Waals surface area contributed by atoms with Gasteiger partial charge < -0.3 is 0 Å². The van der Waals surface area contributed by atoms with Crippen LogP contribution in [0, 0.1) is 11.3 Å². The molecule has 18 heavy (non-hydrogen) atoms. The Morgan fingerprint density at radius 1 is 1.44 bits per heavy atom. The van der Waals surface area contributed by atoms with Crippen LogP contribution in [-0.2, 0) is 6.54 Å². The predicted molar refractivity (Wildman–Crippen MR) is 67.1 cm³/mol. The third-order valence-corrected chi connectivity index (χ3v) is 2.77. The Morgan fingerprint density at radius 2 is 2.22 bits per heavy atom. The topological polar surface area (TPSA) is 63.6 Å². The van der Waals surface area contributed by atoms with Gasteiger partial charge in [0.2, 0.25) is 0 Å². The second kappa shape index (κ2) is 4.88. The molecule has 92 valence electrons. The number of imidazole rings is 1. The van der Waals surface area contributed by atoms with E-state index in [1.54, 1.807) is 33.8 Å². The van der Waals surface area contributed by atoms with Gasteiger partial charge in [0, 0.05) is 30.2 Å². The Kier molecular flexibility index (Phi) is 3.28. The zero-order valence-corrected chi connectivity index (χ0v) is 10.4. The molecule has 0 saturated carbocycles. The summed E-state index contributed by atoms with van der Waals surface area (Å²) in [7, 11) is 0. The standard InChI is InChI=1S/C13H14N4O/c1-10(2)17-7-6-16(13(17)18)9-11-4-3-5-15-12(11)8-14/h3-7,10H,9H2,1-2H3. The van der Waals surface area contributed by atoms with E-state index in [9.17, 15) is 4.79 Å². The van der Waals surface area contributed by atoms with Crippen LogP contribution in [0.3, 0.4) is 0 Å². The van der Waals surface area contributed by atoms with E-state index in [0.29, 0.717) is 12.2 Å². The zero-order chi connectivity index (χ0) is 13.1. The first-order valence-corrected chi connectivity index (χ1v) is 5.74. The Bertz CT molecular complexity index is 645. The van der Waals surface area contributed by atoms with Crippen molar-refractivity contribution in [3.05, 3.63) is 52.5 Å². The van der Waals surface area contributed by atoms with Crippen LogP contribution in [0.1, 0.15) is 31.1 Å². The highest BCUT2D eigenvalue weighted by Crippen LogP contribution is 2.06. The quantitative estimate of drug-likeness (QED) is 0.820. The van der Waals surface area contributed by atoms with Crippen LogP contribution in [0.15, 0.2) is 35.5 Å². The molecule has 2 heterocycles. The fourth-order valence-electron chi connectivity index (χ4n) is 1.79. The molecule has 5 nitrogen and oxygen atoms in total. The Morgan fingerprint density at radius 3 is 2.83 bits per heavy atom. The Labute approximate surface area is 105 Å². The van der Waals surface area contributed by atoms with Gasteiger partial charge in [-0.15, -0.1) is 0 Å². The van der Waals surface area contributed by atoms with E-state index in [-0.39, 0.29) is 11.7 Å². The zero-order valence-electron chi connectivity index (χ0n) is 10.4. The van der Waals surface area contributed by atoms with Crippen molar-refractivity contribution in [3.63, 3.8) is 0 Å². The minimum absolute atomic E-state index is 0.0715. The lowest BCUT2D eigenvalue weighted by Crippen LogP contribution is -2.25. The summed E-state index contributed by atoms with van der Waals surface area (Å²) < 4.78 is 3.24. The molecule has 0 saturated heterocycles. The predicted octanol–water partition coefficient (Wildman–Crippen LogP) is 1.55. The third-order valence-electron chi connectivity index (χ3n) is 2.77. The monoisotopic (exact) mass is 242 g/mol. The average Bonchev–Trinajstić information content (AvgIpc) is 2.72. The Hall–Kier alpha value is -2.35. The lowest BCUT2D eigenvalue weighted by atomic mass is 10.2. The van der Waals surface area contributed by atoms with Gasteiger partial charge in [-0.25, -0.2) is 9.78 Å². The van der Waals surface area contributed by atoms with E-state index < -0.39 is 0 Å². The maximum atomic E-state index is 12.0. The van der Waals surface area contributed by atoms with E-state index in [2.05, 4.69) is 4.98 Å². The molecular formula is C13H14N4O. The van der Waals surface area contributed by atoms with Gasteiger partial charge in [0.1, 0.15) is 11.8 Å². The van der Waals surface area contributed by atoms with E-state index >= 15 is 0 Å². The van der Waals surface area contributed by atoms with Gasteiger partial charge in [-0.1, -0.05) is 6.07 Å². The van der Waals surface area contributed by atoms with Crippen LogP contribution >= 0.6 is 0 Å². The number of nitrogens with zero attached hydrogens (tertiary/aromatic N) is 4. The lowest BCUT2D eigenvalue weighted by Gasteiger charge is -2.05. The molecule has 0 aliphatic heterocycles. The van der Waals surface area contributed by atoms with Crippen LogP contribution in [0.2, 0.25) is 0 Å². The van der Waals surface area contributed by atoms with E-state index in [4.69, 9.17) is 5.26 Å². The molecular weight excluding hydrogens is 228 g/mol.